The van der Waals surface area contributed by atoms with Gasteiger partial charge in [-0.2, -0.15) is 15.0 Å². The summed E-state index contributed by atoms with van der Waals surface area (Å²) in [4.78, 5) is 16.8. The van der Waals surface area contributed by atoms with E-state index < -0.39 is 0 Å². The second kappa shape index (κ2) is 5.31. The van der Waals surface area contributed by atoms with Gasteiger partial charge in [-0.1, -0.05) is 0 Å². The Morgan fingerprint density at radius 1 is 1.24 bits per heavy atom. The van der Waals surface area contributed by atoms with Crippen LogP contribution in [0.1, 0.15) is 19.3 Å². The summed E-state index contributed by atoms with van der Waals surface area (Å²) in [5, 5.41) is 3.38. The molecule has 8 nitrogen and oxygen atoms in total. The first kappa shape index (κ1) is 11.4. The van der Waals surface area contributed by atoms with Crippen molar-refractivity contribution in [2.75, 3.05) is 25.1 Å². The van der Waals surface area contributed by atoms with E-state index in [1.807, 2.05) is 4.90 Å². The molecule has 0 amide bonds. The zero-order chi connectivity index (χ0) is 12.1. The molecule has 1 fully saturated rings. The third-order valence-electron chi connectivity index (χ3n) is 2.55. The lowest BCUT2D eigenvalue weighted by Gasteiger charge is -2.26. The highest BCUT2D eigenvalue weighted by Gasteiger charge is 2.15. The highest BCUT2D eigenvalue weighted by atomic mass is 16.5. The zero-order valence-corrected chi connectivity index (χ0v) is 9.57. The minimum absolute atomic E-state index is 0.0416. The molecular formula is C9H13N7O. The molecule has 0 aromatic carbocycles. The van der Waals surface area contributed by atoms with Gasteiger partial charge in [-0.25, -0.2) is 0 Å². The predicted octanol–water partition coefficient (Wildman–Crippen LogP) is 1.81. The van der Waals surface area contributed by atoms with Gasteiger partial charge in [0.25, 0.3) is 0 Å². The van der Waals surface area contributed by atoms with Crippen molar-refractivity contribution >= 4 is 11.9 Å². The molecule has 1 aliphatic heterocycles. The fourth-order valence-corrected chi connectivity index (χ4v) is 1.75. The Bertz CT molecular complexity index is 437. The SMILES string of the molecule is COc1nc(N=[N+]=[N-])nc(N2CCCCC2)n1. The second-order valence-electron chi connectivity index (χ2n) is 3.66. The maximum absolute atomic E-state index is 8.39. The Hall–Kier alpha value is -2.08. The first-order valence-corrected chi connectivity index (χ1v) is 5.43. The minimum Gasteiger partial charge on any atom is -0.467 e. The van der Waals surface area contributed by atoms with Crippen molar-refractivity contribution in [2.24, 2.45) is 5.11 Å². The Morgan fingerprint density at radius 2 is 2.00 bits per heavy atom. The van der Waals surface area contributed by atoms with Crippen LogP contribution in [0.5, 0.6) is 6.01 Å². The summed E-state index contributed by atoms with van der Waals surface area (Å²) in [6.45, 7) is 1.81. The molecule has 0 atom stereocenters. The molecule has 1 aliphatic rings. The molecule has 17 heavy (non-hydrogen) atoms. The van der Waals surface area contributed by atoms with Crippen LogP contribution in [0.15, 0.2) is 5.11 Å². The minimum atomic E-state index is 0.0416. The highest BCUT2D eigenvalue weighted by molar-refractivity contribution is 5.35. The van der Waals surface area contributed by atoms with Gasteiger partial charge in [0.2, 0.25) is 11.9 Å². The smallest absolute Gasteiger partial charge is 0.321 e. The fourth-order valence-electron chi connectivity index (χ4n) is 1.75. The molecule has 0 unspecified atom stereocenters. The number of nitrogens with zero attached hydrogens (tertiary/aromatic N) is 7. The van der Waals surface area contributed by atoms with E-state index in [0.717, 1.165) is 25.9 Å². The maximum Gasteiger partial charge on any atom is 0.321 e. The molecule has 1 aromatic rings. The van der Waals surface area contributed by atoms with Crippen LogP contribution in [0.4, 0.5) is 11.9 Å². The van der Waals surface area contributed by atoms with Crippen molar-refractivity contribution in [2.45, 2.75) is 19.3 Å². The van der Waals surface area contributed by atoms with Crippen molar-refractivity contribution in [3.05, 3.63) is 10.4 Å². The third-order valence-corrected chi connectivity index (χ3v) is 2.55. The number of aromatic nitrogens is 3. The lowest BCUT2D eigenvalue weighted by atomic mass is 10.1. The van der Waals surface area contributed by atoms with Crippen LogP contribution >= 0.6 is 0 Å². The average Bonchev–Trinajstić information content (AvgIpc) is 2.40. The number of ether oxygens (including phenoxy) is 1. The normalized spacial score (nSPS) is 15.2. The first-order valence-electron chi connectivity index (χ1n) is 5.43. The summed E-state index contributed by atoms with van der Waals surface area (Å²) in [6, 6.07) is 0.169. The van der Waals surface area contributed by atoms with Crippen molar-refractivity contribution in [3.63, 3.8) is 0 Å². The molecule has 0 saturated carbocycles. The number of anilines is 1. The molecule has 1 saturated heterocycles. The van der Waals surface area contributed by atoms with E-state index in [1.54, 1.807) is 0 Å². The molecule has 2 rings (SSSR count). The van der Waals surface area contributed by atoms with Gasteiger partial charge in [0.05, 0.1) is 7.11 Å². The molecule has 8 heteroatoms. The van der Waals surface area contributed by atoms with Gasteiger partial charge in [-0.3, -0.25) is 0 Å². The number of piperidine rings is 1. The van der Waals surface area contributed by atoms with Crippen LogP contribution in [0, 0.1) is 0 Å². The summed E-state index contributed by atoms with van der Waals surface area (Å²) < 4.78 is 4.96. The van der Waals surface area contributed by atoms with Crippen LogP contribution in [0.25, 0.3) is 10.4 Å². The van der Waals surface area contributed by atoms with E-state index in [0.29, 0.717) is 5.95 Å². The monoisotopic (exact) mass is 235 g/mol. The summed E-state index contributed by atoms with van der Waals surface area (Å²) in [7, 11) is 1.47. The van der Waals surface area contributed by atoms with Gasteiger partial charge in [-0.05, 0) is 29.9 Å². The van der Waals surface area contributed by atoms with E-state index in [9.17, 15) is 0 Å². The quantitative estimate of drug-likeness (QED) is 0.452. The number of azide groups is 1. The van der Waals surface area contributed by atoms with Gasteiger partial charge >= 0.3 is 6.01 Å². The Morgan fingerprint density at radius 3 is 2.65 bits per heavy atom. The van der Waals surface area contributed by atoms with E-state index in [2.05, 4.69) is 25.0 Å². The van der Waals surface area contributed by atoms with Gasteiger partial charge in [0, 0.05) is 18.0 Å². The second-order valence-corrected chi connectivity index (χ2v) is 3.66. The molecule has 90 valence electrons. The standard InChI is InChI=1S/C9H13N7O/c1-17-9-12-7(14-15-10)11-8(13-9)16-5-3-2-4-6-16/h2-6H2,1H3. The first-order chi connectivity index (χ1) is 8.33. The number of rotatable bonds is 3. The number of hydrogen-bond acceptors (Lipinski definition) is 6. The van der Waals surface area contributed by atoms with Crippen molar-refractivity contribution < 1.29 is 4.74 Å². The largest absolute Gasteiger partial charge is 0.467 e. The van der Waals surface area contributed by atoms with Crippen molar-refractivity contribution in [3.8, 4) is 6.01 Å². The highest BCUT2D eigenvalue weighted by Crippen LogP contribution is 2.20. The maximum atomic E-state index is 8.39. The number of methoxy groups -OCH3 is 1. The summed E-state index contributed by atoms with van der Waals surface area (Å²) >= 11 is 0. The van der Waals surface area contributed by atoms with Gasteiger partial charge in [0.15, 0.2) is 0 Å². The molecule has 0 aliphatic carbocycles. The van der Waals surface area contributed by atoms with E-state index in [4.69, 9.17) is 10.3 Å². The third kappa shape index (κ3) is 2.73. The predicted molar refractivity (Wildman–Crippen MR) is 61.2 cm³/mol. The number of hydrogen-bond donors (Lipinski definition) is 0. The molecule has 2 heterocycles. The van der Waals surface area contributed by atoms with Crippen LogP contribution < -0.4 is 9.64 Å². The Kier molecular flexibility index (Phi) is 3.56. The Balaban J connectivity index is 2.30. The van der Waals surface area contributed by atoms with Crippen LogP contribution in [0.2, 0.25) is 0 Å². The van der Waals surface area contributed by atoms with Gasteiger partial charge in [0.1, 0.15) is 0 Å². The van der Waals surface area contributed by atoms with Crippen molar-refractivity contribution in [1.29, 1.82) is 0 Å². The molecule has 0 radical (unpaired) electrons. The fraction of sp³-hybridized carbons (Fsp3) is 0.667. The molecular weight excluding hydrogens is 222 g/mol. The zero-order valence-electron chi connectivity index (χ0n) is 9.57. The van der Waals surface area contributed by atoms with E-state index in [-0.39, 0.29) is 12.0 Å². The van der Waals surface area contributed by atoms with Gasteiger partial charge < -0.3 is 9.64 Å². The van der Waals surface area contributed by atoms with Crippen LogP contribution in [0.3, 0.4) is 0 Å². The Labute approximate surface area is 98.3 Å². The van der Waals surface area contributed by atoms with Gasteiger partial charge in [-0.15, -0.1) is 0 Å². The van der Waals surface area contributed by atoms with E-state index in [1.165, 1.54) is 13.5 Å². The molecule has 0 spiro atoms. The summed E-state index contributed by atoms with van der Waals surface area (Å²) in [5.41, 5.74) is 8.39. The molecule has 0 bridgehead atoms. The van der Waals surface area contributed by atoms with Crippen LogP contribution in [-0.2, 0) is 0 Å². The molecule has 0 N–H and O–H groups in total. The lowest BCUT2D eigenvalue weighted by Crippen LogP contribution is -2.31. The topological polar surface area (TPSA) is 99.9 Å². The average molecular weight is 235 g/mol. The van der Waals surface area contributed by atoms with E-state index >= 15 is 0 Å². The lowest BCUT2D eigenvalue weighted by molar-refractivity contribution is 0.378. The van der Waals surface area contributed by atoms with Crippen molar-refractivity contribution in [1.82, 2.24) is 15.0 Å². The summed E-state index contributed by atoms with van der Waals surface area (Å²) in [5.74, 6) is 0.555. The summed E-state index contributed by atoms with van der Waals surface area (Å²) in [6.07, 6.45) is 3.46. The molecule has 1 aromatic heterocycles. The van der Waals surface area contributed by atoms with Crippen LogP contribution in [-0.4, -0.2) is 35.2 Å².